The van der Waals surface area contributed by atoms with Gasteiger partial charge in [0, 0.05) is 28.8 Å². The zero-order valence-corrected chi connectivity index (χ0v) is 15.4. The highest BCUT2D eigenvalue weighted by Crippen LogP contribution is 2.39. The maximum absolute atomic E-state index is 9.18. The van der Waals surface area contributed by atoms with Gasteiger partial charge in [-0.3, -0.25) is 4.40 Å². The second-order valence-corrected chi connectivity index (χ2v) is 8.43. The highest BCUT2D eigenvalue weighted by molar-refractivity contribution is 8.00. The average Bonchev–Trinajstić information content (AvgIpc) is 2.96. The van der Waals surface area contributed by atoms with E-state index >= 15 is 0 Å². The third kappa shape index (κ3) is 3.39. The van der Waals surface area contributed by atoms with E-state index in [0.717, 1.165) is 27.5 Å². The van der Waals surface area contributed by atoms with E-state index in [9.17, 15) is 5.26 Å². The molecule has 128 valence electrons. The third-order valence-electron chi connectivity index (χ3n) is 3.55. The van der Waals surface area contributed by atoms with Crippen LogP contribution < -0.4 is 10.5 Å². The molecule has 0 fully saturated rings. The summed E-state index contributed by atoms with van der Waals surface area (Å²) in [6.07, 6.45) is 5.42. The van der Waals surface area contributed by atoms with Gasteiger partial charge in [-0.2, -0.15) is 5.26 Å². The van der Waals surface area contributed by atoms with Crippen LogP contribution in [-0.4, -0.2) is 26.2 Å². The van der Waals surface area contributed by atoms with Gasteiger partial charge in [0.1, 0.15) is 23.3 Å². The second-order valence-electron chi connectivity index (χ2n) is 6.56. The summed E-state index contributed by atoms with van der Waals surface area (Å²) >= 11 is 1.72. The van der Waals surface area contributed by atoms with Gasteiger partial charge < -0.3 is 10.5 Å². The Morgan fingerprint density at radius 3 is 2.64 bits per heavy atom. The van der Waals surface area contributed by atoms with E-state index in [2.05, 4.69) is 36.8 Å². The molecule has 3 heterocycles. The Labute approximate surface area is 150 Å². The van der Waals surface area contributed by atoms with Gasteiger partial charge in [-0.05, 0) is 6.07 Å². The van der Waals surface area contributed by atoms with Crippen LogP contribution in [0.15, 0.2) is 35.6 Å². The Morgan fingerprint density at radius 1 is 1.24 bits per heavy atom. The molecule has 0 unspecified atom stereocenters. The highest BCUT2D eigenvalue weighted by atomic mass is 32.2. The molecule has 0 aliphatic rings. The fourth-order valence-electron chi connectivity index (χ4n) is 2.47. The Morgan fingerprint density at radius 2 is 2.00 bits per heavy atom. The number of nitriles is 1. The minimum absolute atomic E-state index is 0.0401. The molecular formula is C18H19N5OS. The summed E-state index contributed by atoms with van der Waals surface area (Å²) < 4.78 is 7.54. The van der Waals surface area contributed by atoms with E-state index in [4.69, 9.17) is 10.5 Å². The molecule has 0 aliphatic heterocycles. The maximum atomic E-state index is 9.18. The van der Waals surface area contributed by atoms with E-state index in [0.29, 0.717) is 5.56 Å². The highest BCUT2D eigenvalue weighted by Gasteiger charge is 2.18. The smallest absolute Gasteiger partial charge is 0.141 e. The van der Waals surface area contributed by atoms with Crippen LogP contribution >= 0.6 is 11.8 Å². The Bertz CT molecular complexity index is 982. The number of fused-ring (bicyclic) bond motifs is 1. The molecule has 25 heavy (non-hydrogen) atoms. The van der Waals surface area contributed by atoms with Crippen LogP contribution in [0.4, 0.5) is 5.82 Å². The van der Waals surface area contributed by atoms with Crippen LogP contribution in [0.2, 0.25) is 0 Å². The molecule has 7 heteroatoms. The van der Waals surface area contributed by atoms with Crippen molar-refractivity contribution in [2.45, 2.75) is 30.4 Å². The summed E-state index contributed by atoms with van der Waals surface area (Å²) in [6, 6.07) is 5.70. The van der Waals surface area contributed by atoms with E-state index in [-0.39, 0.29) is 10.6 Å². The monoisotopic (exact) mass is 353 g/mol. The Kier molecular flexibility index (Phi) is 4.31. The van der Waals surface area contributed by atoms with Gasteiger partial charge in [0.25, 0.3) is 0 Å². The summed E-state index contributed by atoms with van der Waals surface area (Å²) in [7, 11) is 1.66. The normalized spacial score (nSPS) is 11.5. The zero-order chi connectivity index (χ0) is 18.2. The Hall–Kier alpha value is -2.72. The molecule has 0 amide bonds. The number of pyridine rings is 2. The summed E-state index contributed by atoms with van der Waals surface area (Å²) in [4.78, 5) is 9.58. The molecule has 0 saturated heterocycles. The predicted molar refractivity (Wildman–Crippen MR) is 99.7 cm³/mol. The average molecular weight is 353 g/mol. The minimum atomic E-state index is 0.0401. The lowest BCUT2D eigenvalue weighted by atomic mass is 10.1. The molecule has 3 aromatic rings. The van der Waals surface area contributed by atoms with Gasteiger partial charge in [-0.15, -0.1) is 11.8 Å². The first kappa shape index (κ1) is 17.1. The number of ether oxygens (including phenoxy) is 1. The first-order valence-corrected chi connectivity index (χ1v) is 8.54. The van der Waals surface area contributed by atoms with Crippen molar-refractivity contribution in [3.8, 4) is 23.1 Å². The number of thioether (sulfide) groups is 1. The molecule has 0 spiro atoms. The first-order valence-electron chi connectivity index (χ1n) is 7.72. The van der Waals surface area contributed by atoms with Crippen molar-refractivity contribution in [3.63, 3.8) is 0 Å². The van der Waals surface area contributed by atoms with E-state index in [1.165, 1.54) is 0 Å². The van der Waals surface area contributed by atoms with E-state index < -0.39 is 0 Å². The van der Waals surface area contributed by atoms with Gasteiger partial charge in [0.2, 0.25) is 0 Å². The molecule has 2 N–H and O–H groups in total. The summed E-state index contributed by atoms with van der Waals surface area (Å²) in [6.45, 7) is 6.46. The number of anilines is 1. The fourth-order valence-corrected chi connectivity index (χ4v) is 3.53. The number of nitrogen functional groups attached to an aromatic ring is 1. The summed E-state index contributed by atoms with van der Waals surface area (Å²) in [5.74, 6) is 1.02. The van der Waals surface area contributed by atoms with Crippen molar-refractivity contribution in [1.82, 2.24) is 14.4 Å². The van der Waals surface area contributed by atoms with Crippen molar-refractivity contribution in [2.24, 2.45) is 0 Å². The first-order chi connectivity index (χ1) is 11.8. The van der Waals surface area contributed by atoms with Gasteiger partial charge in [-0.1, -0.05) is 20.8 Å². The van der Waals surface area contributed by atoms with Gasteiger partial charge >= 0.3 is 0 Å². The number of nitrogens with zero attached hydrogens (tertiary/aromatic N) is 4. The SMILES string of the molecule is COc1cc2ncc(-c3cnc(N)c(C#N)c3)n2cc1SC(C)(C)C. The molecule has 0 aliphatic carbocycles. The van der Waals surface area contributed by atoms with Crippen LogP contribution in [0.1, 0.15) is 26.3 Å². The number of rotatable bonds is 3. The van der Waals surface area contributed by atoms with Crippen LogP contribution in [0.25, 0.3) is 16.9 Å². The zero-order valence-electron chi connectivity index (χ0n) is 14.6. The Balaban J connectivity index is 2.18. The lowest BCUT2D eigenvalue weighted by Crippen LogP contribution is -2.07. The third-order valence-corrected chi connectivity index (χ3v) is 4.68. The molecular weight excluding hydrogens is 334 g/mol. The van der Waals surface area contributed by atoms with Crippen molar-refractivity contribution < 1.29 is 4.74 Å². The molecule has 0 aromatic carbocycles. The lowest BCUT2D eigenvalue weighted by molar-refractivity contribution is 0.404. The van der Waals surface area contributed by atoms with Gasteiger partial charge in [-0.25, -0.2) is 9.97 Å². The van der Waals surface area contributed by atoms with Crippen LogP contribution in [0.5, 0.6) is 5.75 Å². The number of aromatic nitrogens is 3. The maximum Gasteiger partial charge on any atom is 0.141 e. The summed E-state index contributed by atoms with van der Waals surface area (Å²) in [5.41, 5.74) is 8.47. The van der Waals surface area contributed by atoms with Crippen molar-refractivity contribution >= 4 is 23.2 Å². The number of hydrogen-bond acceptors (Lipinski definition) is 6. The molecule has 3 aromatic heterocycles. The quantitative estimate of drug-likeness (QED) is 0.721. The summed E-state index contributed by atoms with van der Waals surface area (Å²) in [5, 5.41) is 9.18. The molecule has 3 rings (SSSR count). The van der Waals surface area contributed by atoms with Crippen LogP contribution in [0.3, 0.4) is 0 Å². The van der Waals surface area contributed by atoms with Crippen LogP contribution in [-0.2, 0) is 0 Å². The second kappa shape index (κ2) is 6.30. The molecule has 0 radical (unpaired) electrons. The largest absolute Gasteiger partial charge is 0.495 e. The standard InChI is InChI=1S/C18H19N5OS/c1-18(2,3)25-15-10-23-13(9-21-16(23)6-14(15)24-4)12-5-11(7-19)17(20)22-8-12/h5-6,8-10H,1-4H3,(H2,20,22). The van der Waals surface area contributed by atoms with Gasteiger partial charge in [0.05, 0.1) is 29.5 Å². The van der Waals surface area contributed by atoms with Crippen molar-refractivity contribution in [2.75, 3.05) is 12.8 Å². The van der Waals surface area contributed by atoms with Crippen molar-refractivity contribution in [1.29, 1.82) is 5.26 Å². The van der Waals surface area contributed by atoms with E-state index in [1.54, 1.807) is 37.3 Å². The predicted octanol–water partition coefficient (Wildman–Crippen LogP) is 3.75. The van der Waals surface area contributed by atoms with Crippen molar-refractivity contribution in [3.05, 3.63) is 36.3 Å². The minimum Gasteiger partial charge on any atom is -0.495 e. The van der Waals surface area contributed by atoms with E-state index in [1.807, 2.05) is 16.7 Å². The molecule has 0 saturated carbocycles. The molecule has 0 atom stereocenters. The number of imidazole rings is 1. The lowest BCUT2D eigenvalue weighted by Gasteiger charge is -2.19. The fraction of sp³-hybridized carbons (Fsp3) is 0.278. The number of methoxy groups -OCH3 is 1. The van der Waals surface area contributed by atoms with Crippen LogP contribution in [0, 0.1) is 11.3 Å². The van der Waals surface area contributed by atoms with Gasteiger partial charge in [0.15, 0.2) is 0 Å². The number of hydrogen-bond donors (Lipinski definition) is 1. The number of nitrogens with two attached hydrogens (primary N) is 1. The molecule has 6 nitrogen and oxygen atoms in total. The topological polar surface area (TPSA) is 89.2 Å². The molecule has 0 bridgehead atoms.